The smallest absolute Gasteiger partial charge is 0.242 e. The van der Waals surface area contributed by atoms with E-state index >= 15 is 0 Å². The van der Waals surface area contributed by atoms with Crippen LogP contribution in [0.15, 0.2) is 6.07 Å². The van der Waals surface area contributed by atoms with Crippen LogP contribution in [0.2, 0.25) is 0 Å². The Balaban J connectivity index is 2.56. The summed E-state index contributed by atoms with van der Waals surface area (Å²) in [5.74, 6) is 0.133. The molecule has 0 bridgehead atoms. The van der Waals surface area contributed by atoms with Crippen molar-refractivity contribution in [3.05, 3.63) is 11.8 Å². The van der Waals surface area contributed by atoms with E-state index in [4.69, 9.17) is 11.0 Å². The Morgan fingerprint density at radius 3 is 3.07 bits per heavy atom. The van der Waals surface area contributed by atoms with Gasteiger partial charge in [0.25, 0.3) is 0 Å². The molecule has 0 aliphatic rings. The molecule has 0 unspecified atom stereocenters. The highest BCUT2D eigenvalue weighted by Crippen LogP contribution is 2.03. The molecular formula is C8H11N5O. The Morgan fingerprint density at radius 1 is 1.86 bits per heavy atom. The quantitative estimate of drug-likeness (QED) is 0.627. The number of carbonyl (C=O) groups is 1. The van der Waals surface area contributed by atoms with Crippen LogP contribution in [0.1, 0.15) is 5.69 Å². The molecule has 0 aliphatic carbocycles. The highest BCUT2D eigenvalue weighted by Gasteiger charge is 2.05. The Kier molecular flexibility index (Phi) is 3.07. The fraction of sp³-hybridized carbons (Fsp3) is 0.375. The lowest BCUT2D eigenvalue weighted by Gasteiger charge is -2.02. The maximum absolute atomic E-state index is 11.2. The molecule has 1 rings (SSSR count). The van der Waals surface area contributed by atoms with Gasteiger partial charge in [0.1, 0.15) is 18.9 Å². The normalized spacial score (nSPS) is 9.43. The predicted octanol–water partition coefficient (Wildman–Crippen LogP) is -0.586. The van der Waals surface area contributed by atoms with Crippen LogP contribution < -0.4 is 11.1 Å². The molecule has 0 aromatic carbocycles. The van der Waals surface area contributed by atoms with E-state index in [0.717, 1.165) is 5.69 Å². The molecule has 1 aromatic rings. The SMILES string of the molecule is Cc1cc(N)nn1CC(=O)NCC#N. The van der Waals surface area contributed by atoms with E-state index in [-0.39, 0.29) is 19.0 Å². The van der Waals surface area contributed by atoms with Crippen molar-refractivity contribution in [1.29, 1.82) is 5.26 Å². The van der Waals surface area contributed by atoms with Gasteiger partial charge in [0.05, 0.1) is 6.07 Å². The van der Waals surface area contributed by atoms with Gasteiger partial charge in [-0.2, -0.15) is 10.4 Å². The number of nitrogens with zero attached hydrogens (tertiary/aromatic N) is 3. The van der Waals surface area contributed by atoms with Crippen LogP contribution >= 0.6 is 0 Å². The first kappa shape index (κ1) is 10.1. The first-order valence-electron chi connectivity index (χ1n) is 4.07. The van der Waals surface area contributed by atoms with Crippen LogP contribution in [0, 0.1) is 18.3 Å². The van der Waals surface area contributed by atoms with Crippen LogP contribution in [-0.4, -0.2) is 22.2 Å². The lowest BCUT2D eigenvalue weighted by atomic mass is 10.4. The highest BCUT2D eigenvalue weighted by molar-refractivity contribution is 5.75. The molecule has 6 heteroatoms. The topological polar surface area (TPSA) is 96.7 Å². The molecule has 0 saturated carbocycles. The number of aryl methyl sites for hydroxylation is 1. The number of anilines is 1. The van der Waals surface area contributed by atoms with Gasteiger partial charge >= 0.3 is 0 Å². The van der Waals surface area contributed by atoms with Gasteiger partial charge in [-0.05, 0) is 6.92 Å². The minimum absolute atomic E-state index is 0.00856. The van der Waals surface area contributed by atoms with E-state index < -0.39 is 0 Å². The molecule has 1 amide bonds. The molecule has 0 atom stereocenters. The zero-order valence-corrected chi connectivity index (χ0v) is 7.82. The number of amides is 1. The Labute approximate surface area is 81.3 Å². The van der Waals surface area contributed by atoms with Crippen molar-refractivity contribution in [2.24, 2.45) is 0 Å². The average molecular weight is 193 g/mol. The predicted molar refractivity (Wildman–Crippen MR) is 50.0 cm³/mol. The molecule has 1 aromatic heterocycles. The third kappa shape index (κ3) is 2.48. The van der Waals surface area contributed by atoms with Crippen LogP contribution in [0.25, 0.3) is 0 Å². The van der Waals surface area contributed by atoms with E-state index in [2.05, 4.69) is 10.4 Å². The lowest BCUT2D eigenvalue weighted by Crippen LogP contribution is -2.28. The average Bonchev–Trinajstić information content (AvgIpc) is 2.42. The fourth-order valence-corrected chi connectivity index (χ4v) is 1.03. The van der Waals surface area contributed by atoms with E-state index in [1.807, 2.05) is 6.07 Å². The number of hydrogen-bond donors (Lipinski definition) is 2. The second-order valence-corrected chi connectivity index (χ2v) is 2.80. The van der Waals surface area contributed by atoms with Gasteiger partial charge in [-0.15, -0.1) is 0 Å². The summed E-state index contributed by atoms with van der Waals surface area (Å²) in [5, 5.41) is 14.6. The third-order valence-electron chi connectivity index (χ3n) is 1.66. The van der Waals surface area contributed by atoms with Crippen LogP contribution in [0.4, 0.5) is 5.82 Å². The summed E-state index contributed by atoms with van der Waals surface area (Å²) in [6, 6.07) is 3.50. The van der Waals surface area contributed by atoms with Gasteiger partial charge in [-0.25, -0.2) is 0 Å². The molecule has 14 heavy (non-hydrogen) atoms. The fourth-order valence-electron chi connectivity index (χ4n) is 1.03. The Bertz CT molecular complexity index is 376. The van der Waals surface area contributed by atoms with Crippen molar-refractivity contribution >= 4 is 11.7 Å². The summed E-state index contributed by atoms with van der Waals surface area (Å²) < 4.78 is 1.49. The molecule has 74 valence electrons. The van der Waals surface area contributed by atoms with Crippen molar-refractivity contribution in [3.8, 4) is 6.07 Å². The first-order chi connectivity index (χ1) is 6.63. The summed E-state index contributed by atoms with van der Waals surface area (Å²) in [6.07, 6.45) is 0. The largest absolute Gasteiger partial charge is 0.382 e. The second kappa shape index (κ2) is 4.28. The minimum atomic E-state index is -0.252. The lowest BCUT2D eigenvalue weighted by molar-refractivity contribution is -0.121. The highest BCUT2D eigenvalue weighted by atomic mass is 16.2. The summed E-state index contributed by atoms with van der Waals surface area (Å²) in [7, 11) is 0. The second-order valence-electron chi connectivity index (χ2n) is 2.80. The summed E-state index contributed by atoms with van der Waals surface area (Å²) in [4.78, 5) is 11.2. The monoisotopic (exact) mass is 193 g/mol. The molecule has 0 fully saturated rings. The van der Waals surface area contributed by atoms with Gasteiger partial charge < -0.3 is 11.1 Å². The van der Waals surface area contributed by atoms with E-state index in [1.54, 1.807) is 13.0 Å². The molecule has 6 nitrogen and oxygen atoms in total. The van der Waals surface area contributed by atoms with Crippen LogP contribution in [-0.2, 0) is 11.3 Å². The Morgan fingerprint density at radius 2 is 2.57 bits per heavy atom. The van der Waals surface area contributed by atoms with Gasteiger partial charge in [0.15, 0.2) is 0 Å². The van der Waals surface area contributed by atoms with Gasteiger partial charge in [-0.3, -0.25) is 9.48 Å². The standard InChI is InChI=1S/C8H11N5O/c1-6-4-7(10)12-13(6)5-8(14)11-3-2-9/h4H,3,5H2,1H3,(H2,10,12)(H,11,14). The van der Waals surface area contributed by atoms with E-state index in [9.17, 15) is 4.79 Å². The number of aromatic nitrogens is 2. The zero-order valence-electron chi connectivity index (χ0n) is 7.82. The van der Waals surface area contributed by atoms with Crippen molar-refractivity contribution < 1.29 is 4.79 Å². The van der Waals surface area contributed by atoms with Crippen molar-refractivity contribution in [2.45, 2.75) is 13.5 Å². The number of carbonyl (C=O) groups excluding carboxylic acids is 1. The molecule has 0 radical (unpaired) electrons. The zero-order chi connectivity index (χ0) is 10.6. The molecule has 0 saturated heterocycles. The number of nitrogen functional groups attached to an aromatic ring is 1. The van der Waals surface area contributed by atoms with Gasteiger partial charge in [0, 0.05) is 11.8 Å². The summed E-state index contributed by atoms with van der Waals surface area (Å²) in [5.41, 5.74) is 6.25. The summed E-state index contributed by atoms with van der Waals surface area (Å²) in [6.45, 7) is 1.90. The third-order valence-corrected chi connectivity index (χ3v) is 1.66. The van der Waals surface area contributed by atoms with Gasteiger partial charge in [-0.1, -0.05) is 0 Å². The number of rotatable bonds is 3. The number of hydrogen-bond acceptors (Lipinski definition) is 4. The maximum Gasteiger partial charge on any atom is 0.242 e. The summed E-state index contributed by atoms with van der Waals surface area (Å²) >= 11 is 0. The maximum atomic E-state index is 11.2. The minimum Gasteiger partial charge on any atom is -0.382 e. The van der Waals surface area contributed by atoms with E-state index in [1.165, 1.54) is 4.68 Å². The van der Waals surface area contributed by atoms with E-state index in [0.29, 0.717) is 5.82 Å². The van der Waals surface area contributed by atoms with Crippen LogP contribution in [0.5, 0.6) is 0 Å². The molecule has 1 heterocycles. The molecule has 0 spiro atoms. The van der Waals surface area contributed by atoms with Crippen LogP contribution in [0.3, 0.4) is 0 Å². The molecule has 3 N–H and O–H groups in total. The number of nitriles is 1. The molecular weight excluding hydrogens is 182 g/mol. The van der Waals surface area contributed by atoms with Gasteiger partial charge in [0.2, 0.25) is 5.91 Å². The van der Waals surface area contributed by atoms with Crippen molar-refractivity contribution in [1.82, 2.24) is 15.1 Å². The van der Waals surface area contributed by atoms with Crippen molar-refractivity contribution in [3.63, 3.8) is 0 Å². The number of nitrogens with one attached hydrogen (secondary N) is 1. The first-order valence-corrected chi connectivity index (χ1v) is 4.07. The molecule has 0 aliphatic heterocycles. The number of nitrogens with two attached hydrogens (primary N) is 1. The Hall–Kier alpha value is -2.03. The van der Waals surface area contributed by atoms with Crippen molar-refractivity contribution in [2.75, 3.05) is 12.3 Å².